The van der Waals surface area contributed by atoms with Gasteiger partial charge in [0, 0.05) is 14.8 Å². The molecule has 1 aromatic heterocycles. The van der Waals surface area contributed by atoms with E-state index in [0.29, 0.717) is 5.82 Å². The predicted molar refractivity (Wildman–Crippen MR) is 72.7 cm³/mol. The summed E-state index contributed by atoms with van der Waals surface area (Å²) in [5.41, 5.74) is 9.59. The smallest absolute Gasteiger partial charge is 0.149 e. The molecular formula is C12H12IN3. The molecule has 1 heterocycles. The largest absolute Gasteiger partial charge is 0.382 e. The molecule has 16 heavy (non-hydrogen) atoms. The molecule has 4 heteroatoms. The molecule has 2 aromatic rings. The number of hydrogen-bond acceptors (Lipinski definition) is 2. The Morgan fingerprint density at radius 2 is 2.19 bits per heavy atom. The second-order valence-electron chi connectivity index (χ2n) is 4.06. The SMILES string of the molecule is Nc1nn(-c2cccc(I)c2)c2c1CCC2. The fourth-order valence-corrected chi connectivity index (χ4v) is 2.81. The van der Waals surface area contributed by atoms with Crippen molar-refractivity contribution in [2.24, 2.45) is 0 Å². The van der Waals surface area contributed by atoms with Crippen molar-refractivity contribution in [2.45, 2.75) is 19.3 Å². The van der Waals surface area contributed by atoms with E-state index in [4.69, 9.17) is 5.73 Å². The molecule has 2 N–H and O–H groups in total. The Hall–Kier alpha value is -1.04. The van der Waals surface area contributed by atoms with E-state index in [0.717, 1.165) is 18.5 Å². The van der Waals surface area contributed by atoms with Crippen molar-refractivity contribution in [1.82, 2.24) is 9.78 Å². The van der Waals surface area contributed by atoms with Crippen molar-refractivity contribution in [2.75, 3.05) is 5.73 Å². The van der Waals surface area contributed by atoms with Gasteiger partial charge in [0.15, 0.2) is 0 Å². The van der Waals surface area contributed by atoms with Gasteiger partial charge in [-0.1, -0.05) is 6.07 Å². The molecule has 0 saturated carbocycles. The Labute approximate surface area is 108 Å². The Bertz CT molecular complexity index is 545. The summed E-state index contributed by atoms with van der Waals surface area (Å²) in [6.45, 7) is 0. The topological polar surface area (TPSA) is 43.8 Å². The third kappa shape index (κ3) is 1.52. The summed E-state index contributed by atoms with van der Waals surface area (Å²) in [5.74, 6) is 0.700. The van der Waals surface area contributed by atoms with Crippen molar-refractivity contribution in [3.05, 3.63) is 39.1 Å². The zero-order valence-corrected chi connectivity index (χ0v) is 10.9. The standard InChI is InChI=1S/C12H12IN3/c13-8-3-1-4-9(7-8)16-11-6-2-5-10(11)12(14)15-16/h1,3-4,7H,2,5-6H2,(H2,14,15). The third-order valence-electron chi connectivity index (χ3n) is 3.01. The molecule has 0 unspecified atom stereocenters. The number of anilines is 1. The Morgan fingerprint density at radius 3 is 3.00 bits per heavy atom. The van der Waals surface area contributed by atoms with Crippen LogP contribution in [0.15, 0.2) is 24.3 Å². The maximum Gasteiger partial charge on any atom is 0.149 e. The van der Waals surface area contributed by atoms with E-state index in [1.54, 1.807) is 0 Å². The van der Waals surface area contributed by atoms with Crippen LogP contribution in [-0.4, -0.2) is 9.78 Å². The van der Waals surface area contributed by atoms with Crippen molar-refractivity contribution in [1.29, 1.82) is 0 Å². The van der Waals surface area contributed by atoms with E-state index in [9.17, 15) is 0 Å². The second-order valence-corrected chi connectivity index (χ2v) is 5.30. The van der Waals surface area contributed by atoms with Crippen LogP contribution < -0.4 is 5.73 Å². The predicted octanol–water partition coefficient (Wildman–Crippen LogP) is 2.55. The number of hydrogen-bond donors (Lipinski definition) is 1. The highest BCUT2D eigenvalue weighted by atomic mass is 127. The molecule has 1 aliphatic rings. The number of aromatic nitrogens is 2. The van der Waals surface area contributed by atoms with E-state index >= 15 is 0 Å². The first kappa shape index (κ1) is 10.1. The molecule has 0 spiro atoms. The average molecular weight is 325 g/mol. The van der Waals surface area contributed by atoms with Gasteiger partial charge in [0.05, 0.1) is 5.69 Å². The molecule has 0 aliphatic heterocycles. The van der Waals surface area contributed by atoms with Gasteiger partial charge >= 0.3 is 0 Å². The van der Waals surface area contributed by atoms with E-state index in [-0.39, 0.29) is 0 Å². The third-order valence-corrected chi connectivity index (χ3v) is 3.69. The summed E-state index contributed by atoms with van der Waals surface area (Å²) < 4.78 is 3.22. The molecule has 0 amide bonds. The number of halogens is 1. The van der Waals surface area contributed by atoms with Crippen LogP contribution in [0.5, 0.6) is 0 Å². The Morgan fingerprint density at radius 1 is 1.31 bits per heavy atom. The lowest BCUT2D eigenvalue weighted by atomic mass is 10.2. The van der Waals surface area contributed by atoms with Crippen LogP contribution in [0.3, 0.4) is 0 Å². The zero-order chi connectivity index (χ0) is 11.1. The minimum Gasteiger partial charge on any atom is -0.382 e. The number of fused-ring (bicyclic) bond motifs is 1. The maximum absolute atomic E-state index is 5.93. The van der Waals surface area contributed by atoms with Gasteiger partial charge in [-0.25, -0.2) is 4.68 Å². The summed E-state index contributed by atoms with van der Waals surface area (Å²) in [7, 11) is 0. The molecule has 0 bridgehead atoms. The van der Waals surface area contributed by atoms with Crippen LogP contribution in [0.4, 0.5) is 5.82 Å². The summed E-state index contributed by atoms with van der Waals surface area (Å²) in [5, 5.41) is 4.43. The molecule has 0 radical (unpaired) electrons. The van der Waals surface area contributed by atoms with Crippen molar-refractivity contribution < 1.29 is 0 Å². The first-order chi connectivity index (χ1) is 7.75. The number of nitrogens with two attached hydrogens (primary N) is 1. The van der Waals surface area contributed by atoms with Gasteiger partial charge in [0.25, 0.3) is 0 Å². The number of nitrogen functional groups attached to an aromatic ring is 1. The van der Waals surface area contributed by atoms with Crippen molar-refractivity contribution >= 4 is 28.4 Å². The molecule has 1 aromatic carbocycles. The van der Waals surface area contributed by atoms with Crippen LogP contribution in [0, 0.1) is 3.57 Å². The number of benzene rings is 1. The molecule has 82 valence electrons. The minimum absolute atomic E-state index is 0.700. The van der Waals surface area contributed by atoms with Gasteiger partial charge in [0.2, 0.25) is 0 Å². The molecule has 0 atom stereocenters. The van der Waals surface area contributed by atoms with Gasteiger partial charge in [-0.15, -0.1) is 0 Å². The van der Waals surface area contributed by atoms with Crippen molar-refractivity contribution in [3.8, 4) is 5.69 Å². The summed E-state index contributed by atoms with van der Waals surface area (Å²) >= 11 is 2.31. The molecule has 1 aliphatic carbocycles. The normalized spacial score (nSPS) is 14.1. The van der Waals surface area contributed by atoms with E-state index < -0.39 is 0 Å². The van der Waals surface area contributed by atoms with Gasteiger partial charge in [-0.05, 0) is 60.1 Å². The fourth-order valence-electron chi connectivity index (χ4n) is 2.29. The van der Waals surface area contributed by atoms with Gasteiger partial charge in [-0.2, -0.15) is 5.10 Å². The summed E-state index contributed by atoms with van der Waals surface area (Å²) in [4.78, 5) is 0. The van der Waals surface area contributed by atoms with Crippen molar-refractivity contribution in [3.63, 3.8) is 0 Å². The highest BCUT2D eigenvalue weighted by Crippen LogP contribution is 2.29. The quantitative estimate of drug-likeness (QED) is 0.819. The fraction of sp³-hybridized carbons (Fsp3) is 0.250. The second kappa shape index (κ2) is 3.76. The molecule has 0 saturated heterocycles. The molecule has 3 nitrogen and oxygen atoms in total. The lowest BCUT2D eigenvalue weighted by Crippen LogP contribution is -2.01. The van der Waals surface area contributed by atoms with Crippen LogP contribution in [0.1, 0.15) is 17.7 Å². The lowest BCUT2D eigenvalue weighted by molar-refractivity contribution is 0.788. The van der Waals surface area contributed by atoms with Gasteiger partial charge < -0.3 is 5.73 Å². The Kier molecular flexibility index (Phi) is 2.38. The number of nitrogens with zero attached hydrogens (tertiary/aromatic N) is 2. The summed E-state index contributed by atoms with van der Waals surface area (Å²) in [6, 6.07) is 8.34. The lowest BCUT2D eigenvalue weighted by Gasteiger charge is -2.05. The van der Waals surface area contributed by atoms with Gasteiger partial charge in [-0.3, -0.25) is 0 Å². The van der Waals surface area contributed by atoms with E-state index in [2.05, 4.69) is 52.0 Å². The van der Waals surface area contributed by atoms with Crippen LogP contribution in [0.25, 0.3) is 5.69 Å². The maximum atomic E-state index is 5.93. The van der Waals surface area contributed by atoms with Crippen LogP contribution in [-0.2, 0) is 12.8 Å². The highest BCUT2D eigenvalue weighted by molar-refractivity contribution is 14.1. The van der Waals surface area contributed by atoms with Crippen LogP contribution >= 0.6 is 22.6 Å². The number of rotatable bonds is 1. The van der Waals surface area contributed by atoms with E-state index in [1.165, 1.54) is 21.2 Å². The van der Waals surface area contributed by atoms with Gasteiger partial charge in [0.1, 0.15) is 5.82 Å². The minimum atomic E-state index is 0.700. The monoisotopic (exact) mass is 325 g/mol. The highest BCUT2D eigenvalue weighted by Gasteiger charge is 2.21. The first-order valence-electron chi connectivity index (χ1n) is 5.38. The van der Waals surface area contributed by atoms with Crippen LogP contribution in [0.2, 0.25) is 0 Å². The molecule has 3 rings (SSSR count). The van der Waals surface area contributed by atoms with E-state index in [1.807, 2.05) is 4.68 Å². The Balaban J connectivity index is 2.17. The molecular weight excluding hydrogens is 313 g/mol. The zero-order valence-electron chi connectivity index (χ0n) is 8.78. The summed E-state index contributed by atoms with van der Waals surface area (Å²) in [6.07, 6.45) is 3.36. The molecule has 0 fully saturated rings. The first-order valence-corrected chi connectivity index (χ1v) is 6.46. The average Bonchev–Trinajstić information content (AvgIpc) is 2.83.